The summed E-state index contributed by atoms with van der Waals surface area (Å²) in [7, 11) is -4.16. The summed E-state index contributed by atoms with van der Waals surface area (Å²) in [6.45, 7) is 0. The summed E-state index contributed by atoms with van der Waals surface area (Å²) in [5.74, 6) is 0. The van der Waals surface area contributed by atoms with E-state index in [0.717, 1.165) is 10.3 Å². The number of hydrogen-bond acceptors (Lipinski definition) is 4. The van der Waals surface area contributed by atoms with Gasteiger partial charge in [-0.15, -0.1) is 25.3 Å². The second-order valence-corrected chi connectivity index (χ2v) is 5.71. The van der Waals surface area contributed by atoms with Gasteiger partial charge in [-0.1, -0.05) is 6.07 Å². The molecule has 2 aromatic carbocycles. The Kier molecular flexibility index (Phi) is 2.91. The van der Waals surface area contributed by atoms with E-state index >= 15 is 0 Å². The Labute approximate surface area is 104 Å². The summed E-state index contributed by atoms with van der Waals surface area (Å²) in [4.78, 5) is 1.25. The minimum absolute atomic E-state index is 0.125. The molecule has 0 aliphatic rings. The van der Waals surface area contributed by atoms with Gasteiger partial charge >= 0.3 is 0 Å². The van der Waals surface area contributed by atoms with E-state index in [2.05, 4.69) is 25.3 Å². The summed E-state index contributed by atoms with van der Waals surface area (Å²) in [5, 5.41) is 1.54. The zero-order chi connectivity index (χ0) is 11.9. The minimum atomic E-state index is -4.16. The van der Waals surface area contributed by atoms with Gasteiger partial charge < -0.3 is 0 Å². The third-order valence-corrected chi connectivity index (χ3v) is 3.97. The lowest BCUT2D eigenvalue weighted by atomic mass is 10.1. The van der Waals surface area contributed by atoms with Crippen LogP contribution < -0.4 is 0 Å². The normalized spacial score (nSPS) is 11.9. The fourth-order valence-electron chi connectivity index (χ4n) is 1.41. The number of thiol groups is 2. The van der Waals surface area contributed by atoms with Crippen LogP contribution in [0.1, 0.15) is 0 Å². The Bertz CT molecular complexity index is 662. The van der Waals surface area contributed by atoms with Crippen molar-refractivity contribution in [3.8, 4) is 0 Å². The van der Waals surface area contributed by atoms with E-state index in [0.29, 0.717) is 10.3 Å². The second-order valence-electron chi connectivity index (χ2n) is 3.32. The lowest BCUT2D eigenvalue weighted by Gasteiger charge is -2.04. The number of fused-ring (bicyclic) bond motifs is 1. The monoisotopic (exact) mass is 272 g/mol. The van der Waals surface area contributed by atoms with E-state index in [4.69, 9.17) is 4.55 Å². The van der Waals surface area contributed by atoms with Crippen molar-refractivity contribution >= 4 is 46.1 Å². The van der Waals surface area contributed by atoms with Crippen molar-refractivity contribution in [2.24, 2.45) is 0 Å². The van der Waals surface area contributed by atoms with Crippen molar-refractivity contribution in [2.75, 3.05) is 0 Å². The molecule has 0 saturated carbocycles. The zero-order valence-electron chi connectivity index (χ0n) is 7.95. The van der Waals surface area contributed by atoms with Gasteiger partial charge in [0.25, 0.3) is 10.1 Å². The average molecular weight is 272 g/mol. The van der Waals surface area contributed by atoms with E-state index in [1.165, 1.54) is 12.1 Å². The van der Waals surface area contributed by atoms with Crippen molar-refractivity contribution in [3.05, 3.63) is 30.3 Å². The van der Waals surface area contributed by atoms with Crippen LogP contribution >= 0.6 is 25.3 Å². The predicted molar refractivity (Wildman–Crippen MR) is 68.3 cm³/mol. The van der Waals surface area contributed by atoms with Crippen LogP contribution in [0.5, 0.6) is 0 Å². The van der Waals surface area contributed by atoms with Gasteiger partial charge in [0.2, 0.25) is 0 Å². The molecule has 0 fully saturated rings. The highest BCUT2D eigenvalue weighted by molar-refractivity contribution is 7.85. The van der Waals surface area contributed by atoms with Gasteiger partial charge in [0, 0.05) is 9.79 Å². The van der Waals surface area contributed by atoms with E-state index in [-0.39, 0.29) is 4.90 Å². The first-order valence-corrected chi connectivity index (χ1v) is 6.64. The van der Waals surface area contributed by atoms with Crippen LogP contribution in [0.15, 0.2) is 45.0 Å². The third-order valence-electron chi connectivity index (χ3n) is 2.20. The Morgan fingerprint density at radius 2 is 1.50 bits per heavy atom. The molecule has 1 N–H and O–H groups in total. The van der Waals surface area contributed by atoms with Crippen LogP contribution in [0.2, 0.25) is 0 Å². The lowest BCUT2D eigenvalue weighted by molar-refractivity contribution is 0.483. The first-order valence-electron chi connectivity index (χ1n) is 4.31. The van der Waals surface area contributed by atoms with Crippen LogP contribution in [0.3, 0.4) is 0 Å². The van der Waals surface area contributed by atoms with E-state index < -0.39 is 10.1 Å². The van der Waals surface area contributed by atoms with Crippen LogP contribution in [-0.2, 0) is 10.1 Å². The highest BCUT2D eigenvalue weighted by Crippen LogP contribution is 2.27. The maximum atomic E-state index is 10.9. The molecule has 0 unspecified atom stereocenters. The lowest BCUT2D eigenvalue weighted by Crippen LogP contribution is -1.97. The molecule has 0 heterocycles. The highest BCUT2D eigenvalue weighted by atomic mass is 32.2. The van der Waals surface area contributed by atoms with Gasteiger partial charge in [0.15, 0.2) is 0 Å². The fraction of sp³-hybridized carbons (Fsp3) is 0. The molecule has 0 amide bonds. The summed E-state index contributed by atoms with van der Waals surface area (Å²) in [6, 6.07) is 7.86. The molecule has 84 valence electrons. The summed E-state index contributed by atoms with van der Waals surface area (Å²) < 4.78 is 30.8. The van der Waals surface area contributed by atoms with Crippen molar-refractivity contribution in [1.82, 2.24) is 0 Å². The topological polar surface area (TPSA) is 54.4 Å². The van der Waals surface area contributed by atoms with Crippen molar-refractivity contribution < 1.29 is 13.0 Å². The third kappa shape index (κ3) is 2.20. The predicted octanol–water partition coefficient (Wildman–Crippen LogP) is 2.66. The summed E-state index contributed by atoms with van der Waals surface area (Å²) in [5.41, 5.74) is 0. The molecule has 6 heteroatoms. The first-order chi connectivity index (χ1) is 7.38. The molecule has 2 rings (SSSR count). The number of rotatable bonds is 1. The standard InChI is InChI=1S/C10H8O3S3/c11-16(12,13)8-2-1-6-4-9(14)10(15)5-7(6)3-8/h1-5,14-15H,(H,11,12,13). The molecule has 3 nitrogen and oxygen atoms in total. The molecule has 0 radical (unpaired) electrons. The van der Waals surface area contributed by atoms with Crippen LogP contribution in [0.4, 0.5) is 0 Å². The molecule has 2 aromatic rings. The molecule has 0 atom stereocenters. The molecule has 0 spiro atoms. The van der Waals surface area contributed by atoms with Gasteiger partial charge in [-0.2, -0.15) is 8.42 Å². The fourth-order valence-corrected chi connectivity index (χ4v) is 2.34. The maximum Gasteiger partial charge on any atom is 0.294 e. The van der Waals surface area contributed by atoms with Gasteiger partial charge in [-0.3, -0.25) is 4.55 Å². The molecule has 0 saturated heterocycles. The van der Waals surface area contributed by atoms with Crippen molar-refractivity contribution in [3.63, 3.8) is 0 Å². The molecular formula is C10H8O3S3. The highest BCUT2D eigenvalue weighted by Gasteiger charge is 2.10. The van der Waals surface area contributed by atoms with Crippen LogP contribution in [-0.4, -0.2) is 13.0 Å². The smallest absolute Gasteiger partial charge is 0.282 e. The Balaban J connectivity index is 2.77. The van der Waals surface area contributed by atoms with Crippen molar-refractivity contribution in [2.45, 2.75) is 14.7 Å². The second kappa shape index (κ2) is 3.96. The van der Waals surface area contributed by atoms with E-state index in [9.17, 15) is 8.42 Å². The zero-order valence-corrected chi connectivity index (χ0v) is 10.6. The molecular weight excluding hydrogens is 264 g/mol. The summed E-state index contributed by atoms with van der Waals surface area (Å²) in [6.07, 6.45) is 0. The molecule has 0 aromatic heterocycles. The van der Waals surface area contributed by atoms with E-state index in [1.807, 2.05) is 0 Å². The van der Waals surface area contributed by atoms with Gasteiger partial charge in [0.05, 0.1) is 4.90 Å². The van der Waals surface area contributed by atoms with Gasteiger partial charge in [0.1, 0.15) is 0 Å². The summed E-state index contributed by atoms with van der Waals surface area (Å²) >= 11 is 8.40. The average Bonchev–Trinajstić information content (AvgIpc) is 2.17. The quantitative estimate of drug-likeness (QED) is 0.552. The van der Waals surface area contributed by atoms with Crippen molar-refractivity contribution in [1.29, 1.82) is 0 Å². The van der Waals surface area contributed by atoms with Gasteiger partial charge in [-0.25, -0.2) is 0 Å². The number of benzene rings is 2. The minimum Gasteiger partial charge on any atom is -0.282 e. The molecule has 16 heavy (non-hydrogen) atoms. The van der Waals surface area contributed by atoms with Gasteiger partial charge in [-0.05, 0) is 35.0 Å². The molecule has 0 bridgehead atoms. The SMILES string of the molecule is O=S(=O)(O)c1ccc2cc(S)c(S)cc2c1. The first kappa shape index (κ1) is 11.8. The maximum absolute atomic E-state index is 10.9. The molecule has 0 aliphatic carbocycles. The molecule has 0 aliphatic heterocycles. The number of hydrogen-bond donors (Lipinski definition) is 3. The Hall–Kier alpha value is -0.690. The van der Waals surface area contributed by atoms with E-state index in [1.54, 1.807) is 18.2 Å². The van der Waals surface area contributed by atoms with Crippen LogP contribution in [0.25, 0.3) is 10.8 Å². The Morgan fingerprint density at radius 3 is 2.06 bits per heavy atom. The Morgan fingerprint density at radius 1 is 0.938 bits per heavy atom. The van der Waals surface area contributed by atoms with Crippen LogP contribution in [0, 0.1) is 0 Å². The largest absolute Gasteiger partial charge is 0.294 e.